The summed E-state index contributed by atoms with van der Waals surface area (Å²) in [6, 6.07) is 15.1. The molecule has 1 unspecified atom stereocenters. The minimum absolute atomic E-state index is 0. The molecule has 0 bridgehead atoms. The molecule has 0 heterocycles. The molecule has 2 rings (SSSR count). The summed E-state index contributed by atoms with van der Waals surface area (Å²) < 4.78 is 22.9. The second kappa shape index (κ2) is 16.7. The van der Waals surface area contributed by atoms with Crippen molar-refractivity contribution in [2.24, 2.45) is 10.9 Å². The maximum atomic E-state index is 13.0. The fourth-order valence-electron chi connectivity index (χ4n) is 3.38. The van der Waals surface area contributed by atoms with E-state index in [0.29, 0.717) is 18.8 Å². The monoisotopic (exact) mass is 543 g/mol. The topological polar surface area (TPSA) is 132 Å². The van der Waals surface area contributed by atoms with Gasteiger partial charge in [-0.1, -0.05) is 62.7 Å². The van der Waals surface area contributed by atoms with Crippen molar-refractivity contribution >= 4 is 19.6 Å². The number of hydrogen-bond donors (Lipinski definition) is 3. The average Bonchev–Trinajstić information content (AvgIpc) is 2.86. The van der Waals surface area contributed by atoms with Gasteiger partial charge >= 0.3 is 59.1 Å². The summed E-state index contributed by atoms with van der Waals surface area (Å²) in [5.41, 5.74) is 1.85. The Hall–Kier alpha value is -1.07. The molecule has 11 heteroatoms. The van der Waals surface area contributed by atoms with Crippen LogP contribution in [0, 0.1) is 5.92 Å². The molecule has 36 heavy (non-hydrogen) atoms. The summed E-state index contributed by atoms with van der Waals surface area (Å²) in [5.74, 6) is -0.674. The van der Waals surface area contributed by atoms with E-state index in [1.54, 1.807) is 26.0 Å². The zero-order valence-electron chi connectivity index (χ0n) is 21.6. The van der Waals surface area contributed by atoms with Crippen molar-refractivity contribution < 1.29 is 80.0 Å². The van der Waals surface area contributed by atoms with Gasteiger partial charge in [-0.05, 0) is 48.4 Å². The number of benzene rings is 2. The van der Waals surface area contributed by atoms with E-state index in [0.717, 1.165) is 11.1 Å². The molecule has 0 saturated heterocycles. The number of rotatable bonds is 14. The van der Waals surface area contributed by atoms with Gasteiger partial charge in [0, 0.05) is 7.05 Å². The smallest absolute Gasteiger partial charge is 0.861 e. The van der Waals surface area contributed by atoms with Gasteiger partial charge < -0.3 is 25.0 Å². The van der Waals surface area contributed by atoms with Crippen LogP contribution in [0.4, 0.5) is 0 Å². The first-order valence-corrected chi connectivity index (χ1v) is 13.2. The van der Waals surface area contributed by atoms with Crippen molar-refractivity contribution in [3.05, 3.63) is 65.7 Å². The van der Waals surface area contributed by atoms with Gasteiger partial charge in [-0.3, -0.25) is 9.32 Å². The molecule has 3 N–H and O–H groups in total. The molecule has 192 valence electrons. The van der Waals surface area contributed by atoms with Crippen LogP contribution in [0.15, 0.2) is 59.6 Å². The van der Waals surface area contributed by atoms with Crippen molar-refractivity contribution in [1.29, 1.82) is 0 Å². The SMILES string of the molecule is CCOP(=O)(O)N[C@H](C(=O)N[C@@H](Cc1ccc(OCc2ccccc2)cc1)C([O-])=NC)[C@@H](C)CC.[K+]. The number of hydrogen-bond acceptors (Lipinski definition) is 6. The Kier molecular flexibility index (Phi) is 15.3. The summed E-state index contributed by atoms with van der Waals surface area (Å²) >= 11 is 0. The molecule has 0 aliphatic heterocycles. The first kappa shape index (κ1) is 33.0. The van der Waals surface area contributed by atoms with Crippen LogP contribution in [-0.2, 0) is 26.9 Å². The van der Waals surface area contributed by atoms with E-state index in [4.69, 9.17) is 9.26 Å². The molecule has 0 aliphatic carbocycles. The predicted octanol–water partition coefficient (Wildman–Crippen LogP) is -0.173. The number of amides is 1. The van der Waals surface area contributed by atoms with E-state index in [-0.39, 0.29) is 70.3 Å². The third-order valence-electron chi connectivity index (χ3n) is 5.55. The van der Waals surface area contributed by atoms with E-state index in [1.807, 2.05) is 49.4 Å². The Morgan fingerprint density at radius 2 is 1.75 bits per heavy atom. The first-order chi connectivity index (χ1) is 16.7. The van der Waals surface area contributed by atoms with Crippen LogP contribution in [0.5, 0.6) is 5.75 Å². The number of carbonyl (C=O) groups is 1. The molecule has 0 aromatic heterocycles. The van der Waals surface area contributed by atoms with Crippen LogP contribution < -0.4 is 71.6 Å². The Morgan fingerprint density at radius 3 is 2.31 bits per heavy atom. The van der Waals surface area contributed by atoms with Gasteiger partial charge in [0.1, 0.15) is 12.4 Å². The van der Waals surface area contributed by atoms with Gasteiger partial charge in [-0.15, -0.1) is 0 Å². The van der Waals surface area contributed by atoms with Crippen LogP contribution in [0.1, 0.15) is 38.3 Å². The van der Waals surface area contributed by atoms with Crippen molar-refractivity contribution in [3.63, 3.8) is 0 Å². The first-order valence-electron chi connectivity index (χ1n) is 11.6. The maximum Gasteiger partial charge on any atom is 1.00 e. The number of ether oxygens (including phenoxy) is 1. The molecule has 0 fully saturated rings. The summed E-state index contributed by atoms with van der Waals surface area (Å²) in [6.07, 6.45) is 0.773. The molecule has 0 radical (unpaired) electrons. The fraction of sp³-hybridized carbons (Fsp3) is 0.440. The Bertz CT molecular complexity index is 1010. The zero-order chi connectivity index (χ0) is 25.8. The Balaban J connectivity index is 0.00000648. The predicted molar refractivity (Wildman–Crippen MR) is 134 cm³/mol. The maximum absolute atomic E-state index is 13.0. The average molecular weight is 544 g/mol. The largest absolute Gasteiger partial charge is 1.00 e. The molecule has 2 aromatic carbocycles. The number of nitrogens with zero attached hydrogens (tertiary/aromatic N) is 1. The minimum atomic E-state index is -4.18. The fourth-order valence-corrected chi connectivity index (χ4v) is 4.53. The van der Waals surface area contributed by atoms with Crippen molar-refractivity contribution in [2.75, 3.05) is 13.7 Å². The second-order valence-corrected chi connectivity index (χ2v) is 9.73. The molecule has 0 saturated carbocycles. The molecule has 9 nitrogen and oxygen atoms in total. The van der Waals surface area contributed by atoms with Crippen LogP contribution >= 0.6 is 7.75 Å². The van der Waals surface area contributed by atoms with E-state index in [9.17, 15) is 19.4 Å². The van der Waals surface area contributed by atoms with Gasteiger partial charge in [-0.2, -0.15) is 0 Å². The van der Waals surface area contributed by atoms with Crippen molar-refractivity contribution in [2.45, 2.75) is 52.3 Å². The third kappa shape index (κ3) is 11.1. The summed E-state index contributed by atoms with van der Waals surface area (Å²) in [7, 11) is -2.81. The number of carbonyl (C=O) groups excluding carboxylic acids is 1. The normalized spacial score (nSPS) is 15.6. The summed E-state index contributed by atoms with van der Waals surface area (Å²) in [5, 5.41) is 17.6. The molecule has 0 spiro atoms. The molecule has 2 aromatic rings. The Labute approximate surface area is 256 Å². The van der Waals surface area contributed by atoms with E-state index < -0.39 is 31.6 Å². The number of aliphatic imine (C=N–C) groups is 1. The number of nitrogens with one attached hydrogen (secondary N) is 2. The van der Waals surface area contributed by atoms with Gasteiger partial charge in [0.05, 0.1) is 18.7 Å². The molecule has 1 amide bonds. The summed E-state index contributed by atoms with van der Waals surface area (Å²) in [4.78, 5) is 26.8. The van der Waals surface area contributed by atoms with Gasteiger partial charge in [0.15, 0.2) is 0 Å². The third-order valence-corrected chi connectivity index (χ3v) is 6.76. The standard InChI is InChI=1S/C25H36N3O6P.K/c1-5-18(3)23(28-35(31,32)34-6-2)25(30)27-22(24(29)26-4)16-19-12-14-21(15-13-19)33-17-20-10-8-7-9-11-20;/h7-15,18,22-23H,5-6,16-17H2,1-4H3,(H,26,29)(H,27,30)(H2,28,31,32);/q;+1/p-1/t18-,22-,23-;/m0./s1. The molecule has 0 aliphatic rings. The van der Waals surface area contributed by atoms with Crippen LogP contribution in [-0.4, -0.2) is 42.4 Å². The van der Waals surface area contributed by atoms with Crippen LogP contribution in [0.25, 0.3) is 0 Å². The summed E-state index contributed by atoms with van der Waals surface area (Å²) in [6.45, 7) is 5.67. The quantitative estimate of drug-likeness (QED) is 0.130. The van der Waals surface area contributed by atoms with E-state index in [2.05, 4.69) is 15.4 Å². The van der Waals surface area contributed by atoms with E-state index in [1.165, 1.54) is 7.05 Å². The zero-order valence-corrected chi connectivity index (χ0v) is 25.7. The molecule has 4 atom stereocenters. The van der Waals surface area contributed by atoms with Crippen molar-refractivity contribution in [1.82, 2.24) is 10.4 Å². The molecular formula is C25H35KN3O6P. The van der Waals surface area contributed by atoms with Gasteiger partial charge in [0.25, 0.3) is 0 Å². The molecular weight excluding hydrogens is 508 g/mol. The Morgan fingerprint density at radius 1 is 1.11 bits per heavy atom. The van der Waals surface area contributed by atoms with Crippen LogP contribution in [0.2, 0.25) is 0 Å². The van der Waals surface area contributed by atoms with Gasteiger partial charge in [-0.25, -0.2) is 9.65 Å². The van der Waals surface area contributed by atoms with Crippen LogP contribution in [0.3, 0.4) is 0 Å². The minimum Gasteiger partial charge on any atom is -0.861 e. The van der Waals surface area contributed by atoms with E-state index >= 15 is 0 Å². The van der Waals surface area contributed by atoms with Gasteiger partial charge in [0.2, 0.25) is 5.91 Å². The second-order valence-electron chi connectivity index (χ2n) is 8.18. The van der Waals surface area contributed by atoms with Crippen molar-refractivity contribution in [3.8, 4) is 5.75 Å².